The molecule has 0 aromatic carbocycles. The van der Waals surface area contributed by atoms with Crippen molar-refractivity contribution in [3.63, 3.8) is 0 Å². The molecule has 0 amide bonds. The van der Waals surface area contributed by atoms with Gasteiger partial charge in [0.1, 0.15) is 0 Å². The summed E-state index contributed by atoms with van der Waals surface area (Å²) in [5.74, 6) is 0. The average molecular weight is 178 g/mol. The third kappa shape index (κ3) is 6.51. The lowest BCUT2D eigenvalue weighted by Gasteiger charge is -2.04. The predicted molar refractivity (Wildman–Crippen MR) is 49.0 cm³/mol. The molecule has 2 atom stereocenters. The molecule has 0 spiro atoms. The molecular formula is C8H18O2S. The quantitative estimate of drug-likeness (QED) is 0.501. The Morgan fingerprint density at radius 1 is 1.36 bits per heavy atom. The van der Waals surface area contributed by atoms with E-state index in [4.69, 9.17) is 4.55 Å². The van der Waals surface area contributed by atoms with E-state index in [9.17, 15) is 4.21 Å². The van der Waals surface area contributed by atoms with E-state index in [0.29, 0.717) is 0 Å². The molecule has 0 heterocycles. The largest absolute Gasteiger partial charge is 0.306 e. The third-order valence-corrected chi connectivity index (χ3v) is 2.73. The highest BCUT2D eigenvalue weighted by Gasteiger charge is 2.06. The molecule has 0 rings (SSSR count). The number of rotatable bonds is 6. The SMILES string of the molecule is CCCCCCC(C)S(=O)O. The van der Waals surface area contributed by atoms with E-state index in [1.54, 1.807) is 0 Å². The summed E-state index contributed by atoms with van der Waals surface area (Å²) in [5, 5.41) is -0.0492. The second-order valence-electron chi connectivity index (χ2n) is 2.94. The maximum Gasteiger partial charge on any atom is 0.155 e. The maximum atomic E-state index is 10.5. The van der Waals surface area contributed by atoms with Gasteiger partial charge < -0.3 is 4.55 Å². The van der Waals surface area contributed by atoms with Gasteiger partial charge in [-0.15, -0.1) is 0 Å². The monoisotopic (exact) mass is 178 g/mol. The Morgan fingerprint density at radius 3 is 2.45 bits per heavy atom. The summed E-state index contributed by atoms with van der Waals surface area (Å²) in [4.78, 5) is 0. The minimum Gasteiger partial charge on any atom is -0.306 e. The van der Waals surface area contributed by atoms with Crippen LogP contribution in [-0.4, -0.2) is 14.0 Å². The molecule has 0 aliphatic rings. The summed E-state index contributed by atoms with van der Waals surface area (Å²) in [5.41, 5.74) is 0. The van der Waals surface area contributed by atoms with Crippen molar-refractivity contribution < 1.29 is 8.76 Å². The van der Waals surface area contributed by atoms with E-state index < -0.39 is 11.1 Å². The summed E-state index contributed by atoms with van der Waals surface area (Å²) in [6.07, 6.45) is 5.61. The molecular weight excluding hydrogens is 160 g/mol. The zero-order valence-electron chi connectivity index (χ0n) is 7.38. The van der Waals surface area contributed by atoms with Crippen LogP contribution in [0.1, 0.15) is 46.0 Å². The van der Waals surface area contributed by atoms with Crippen molar-refractivity contribution in [3.05, 3.63) is 0 Å². The highest BCUT2D eigenvalue weighted by Crippen LogP contribution is 2.08. The van der Waals surface area contributed by atoms with Crippen molar-refractivity contribution >= 4 is 11.1 Å². The molecule has 0 fully saturated rings. The molecule has 0 saturated heterocycles. The Labute approximate surface area is 71.7 Å². The van der Waals surface area contributed by atoms with Crippen molar-refractivity contribution in [1.82, 2.24) is 0 Å². The molecule has 11 heavy (non-hydrogen) atoms. The van der Waals surface area contributed by atoms with Crippen molar-refractivity contribution in [2.45, 2.75) is 51.2 Å². The lowest BCUT2D eigenvalue weighted by Crippen LogP contribution is -2.08. The summed E-state index contributed by atoms with van der Waals surface area (Å²) in [6, 6.07) is 0. The fourth-order valence-electron chi connectivity index (χ4n) is 0.959. The zero-order valence-corrected chi connectivity index (χ0v) is 8.19. The number of hydrogen-bond donors (Lipinski definition) is 1. The highest BCUT2D eigenvalue weighted by molar-refractivity contribution is 7.79. The van der Waals surface area contributed by atoms with Gasteiger partial charge in [-0.05, 0) is 13.3 Å². The van der Waals surface area contributed by atoms with E-state index >= 15 is 0 Å². The van der Waals surface area contributed by atoms with Crippen molar-refractivity contribution in [2.24, 2.45) is 0 Å². The molecule has 0 aromatic rings. The fourth-order valence-corrected chi connectivity index (χ4v) is 1.33. The second-order valence-corrected chi connectivity index (χ2v) is 4.29. The van der Waals surface area contributed by atoms with Crippen LogP contribution in [0.25, 0.3) is 0 Å². The normalized spacial score (nSPS) is 16.3. The number of hydrogen-bond acceptors (Lipinski definition) is 1. The van der Waals surface area contributed by atoms with Crippen molar-refractivity contribution in [1.29, 1.82) is 0 Å². The third-order valence-electron chi connectivity index (χ3n) is 1.81. The fraction of sp³-hybridized carbons (Fsp3) is 1.00. The van der Waals surface area contributed by atoms with Crippen LogP contribution in [0.15, 0.2) is 0 Å². The lowest BCUT2D eigenvalue weighted by molar-refractivity contribution is 0.536. The van der Waals surface area contributed by atoms with Crippen LogP contribution < -0.4 is 0 Å². The van der Waals surface area contributed by atoms with Gasteiger partial charge >= 0.3 is 0 Å². The Morgan fingerprint density at radius 2 is 2.00 bits per heavy atom. The van der Waals surface area contributed by atoms with Gasteiger partial charge in [-0.2, -0.15) is 0 Å². The van der Waals surface area contributed by atoms with Crippen LogP contribution >= 0.6 is 0 Å². The molecule has 3 heteroatoms. The standard InChI is InChI=1S/C8H18O2S/c1-3-4-5-6-7-8(2)11(9)10/h8H,3-7H2,1-2H3,(H,9,10). The van der Waals surface area contributed by atoms with E-state index in [-0.39, 0.29) is 5.25 Å². The Bertz CT molecular complexity index is 115. The van der Waals surface area contributed by atoms with Crippen LogP contribution in [0, 0.1) is 0 Å². The Balaban J connectivity index is 3.17. The summed E-state index contributed by atoms with van der Waals surface area (Å²) in [6.45, 7) is 3.98. The van der Waals surface area contributed by atoms with Gasteiger partial charge in [0, 0.05) is 0 Å². The van der Waals surface area contributed by atoms with Gasteiger partial charge in [0.2, 0.25) is 0 Å². The van der Waals surface area contributed by atoms with Gasteiger partial charge in [0.25, 0.3) is 0 Å². The molecule has 0 aliphatic heterocycles. The minimum atomic E-state index is -1.62. The van der Waals surface area contributed by atoms with Gasteiger partial charge in [-0.25, -0.2) is 4.21 Å². The zero-order chi connectivity index (χ0) is 8.69. The first-order valence-electron chi connectivity index (χ1n) is 4.28. The molecule has 0 bridgehead atoms. The molecule has 1 N–H and O–H groups in total. The summed E-state index contributed by atoms with van der Waals surface area (Å²) >= 11 is -1.62. The molecule has 0 radical (unpaired) electrons. The average Bonchev–Trinajstić information content (AvgIpc) is 1.97. The first-order chi connectivity index (χ1) is 5.18. The first-order valence-corrected chi connectivity index (χ1v) is 5.45. The molecule has 0 saturated carbocycles. The van der Waals surface area contributed by atoms with Gasteiger partial charge in [-0.1, -0.05) is 32.6 Å². The first kappa shape index (κ1) is 11.1. The maximum absolute atomic E-state index is 10.5. The molecule has 2 unspecified atom stereocenters. The Hall–Kier alpha value is 0.110. The van der Waals surface area contributed by atoms with Crippen LogP contribution in [-0.2, 0) is 11.1 Å². The van der Waals surface area contributed by atoms with Crippen LogP contribution in [0.5, 0.6) is 0 Å². The minimum absolute atomic E-state index is 0.0492. The van der Waals surface area contributed by atoms with Gasteiger partial charge in [0.05, 0.1) is 5.25 Å². The topological polar surface area (TPSA) is 37.3 Å². The van der Waals surface area contributed by atoms with Crippen LogP contribution in [0.2, 0.25) is 0 Å². The smallest absolute Gasteiger partial charge is 0.155 e. The number of unbranched alkanes of at least 4 members (excludes halogenated alkanes) is 3. The van der Waals surface area contributed by atoms with E-state index in [0.717, 1.165) is 12.8 Å². The Kier molecular flexibility index (Phi) is 6.87. The van der Waals surface area contributed by atoms with Crippen LogP contribution in [0.3, 0.4) is 0 Å². The van der Waals surface area contributed by atoms with E-state index in [1.807, 2.05) is 6.92 Å². The molecule has 2 nitrogen and oxygen atoms in total. The van der Waals surface area contributed by atoms with Gasteiger partial charge in [0.15, 0.2) is 11.1 Å². The van der Waals surface area contributed by atoms with Crippen molar-refractivity contribution in [2.75, 3.05) is 0 Å². The summed E-state index contributed by atoms with van der Waals surface area (Å²) in [7, 11) is 0. The molecule has 0 aromatic heterocycles. The van der Waals surface area contributed by atoms with Crippen molar-refractivity contribution in [3.8, 4) is 0 Å². The predicted octanol–water partition coefficient (Wildman–Crippen LogP) is 2.57. The summed E-state index contributed by atoms with van der Waals surface area (Å²) < 4.78 is 19.1. The van der Waals surface area contributed by atoms with E-state index in [2.05, 4.69) is 6.92 Å². The highest BCUT2D eigenvalue weighted by atomic mass is 32.2. The lowest BCUT2D eigenvalue weighted by atomic mass is 10.1. The second kappa shape index (κ2) is 6.80. The molecule has 68 valence electrons. The van der Waals surface area contributed by atoms with E-state index in [1.165, 1.54) is 19.3 Å². The van der Waals surface area contributed by atoms with Crippen LogP contribution in [0.4, 0.5) is 0 Å². The molecule has 0 aliphatic carbocycles. The van der Waals surface area contributed by atoms with Gasteiger partial charge in [-0.3, -0.25) is 0 Å².